The summed E-state index contributed by atoms with van der Waals surface area (Å²) >= 11 is 0. The zero-order valence-corrected chi connectivity index (χ0v) is 14.0. The minimum absolute atomic E-state index is 0.396. The van der Waals surface area contributed by atoms with Crippen molar-refractivity contribution in [3.63, 3.8) is 0 Å². The summed E-state index contributed by atoms with van der Waals surface area (Å²) in [5.41, 5.74) is 2.58. The van der Waals surface area contributed by atoms with Gasteiger partial charge >= 0.3 is 0 Å². The molecule has 1 fully saturated rings. The van der Waals surface area contributed by atoms with Crippen LogP contribution in [0.1, 0.15) is 24.4 Å². The quantitative estimate of drug-likeness (QED) is 0.887. The van der Waals surface area contributed by atoms with Gasteiger partial charge in [-0.25, -0.2) is 0 Å². The highest BCUT2D eigenvalue weighted by Crippen LogP contribution is 2.33. The highest BCUT2D eigenvalue weighted by atomic mass is 16.3. The minimum Gasteiger partial charge on any atom is -0.390 e. The second-order valence-corrected chi connectivity index (χ2v) is 6.52. The average Bonchev–Trinajstić information content (AvgIpc) is 3.19. The Hall–Kier alpha value is -1.85. The van der Waals surface area contributed by atoms with E-state index in [2.05, 4.69) is 53.3 Å². The number of hydrogen-bond acceptors (Lipinski definition) is 4. The van der Waals surface area contributed by atoms with Crippen molar-refractivity contribution in [1.29, 1.82) is 0 Å². The number of nitrogens with zero attached hydrogens (tertiary/aromatic N) is 4. The molecule has 0 saturated carbocycles. The largest absolute Gasteiger partial charge is 0.390 e. The molecular weight excluding hydrogens is 288 g/mol. The Labute approximate surface area is 138 Å². The summed E-state index contributed by atoms with van der Waals surface area (Å²) in [6.45, 7) is 2.29. The summed E-state index contributed by atoms with van der Waals surface area (Å²) in [5.74, 6) is 0. The molecule has 5 nitrogen and oxygen atoms in total. The SMILES string of the molecule is CN(C)c1cccc([C@H]2CCCN2C[C@H](O)Cn2cccn2)c1. The summed E-state index contributed by atoms with van der Waals surface area (Å²) < 4.78 is 1.79. The molecule has 0 bridgehead atoms. The van der Waals surface area contributed by atoms with E-state index in [4.69, 9.17) is 0 Å². The summed E-state index contributed by atoms with van der Waals surface area (Å²) in [6, 6.07) is 11.0. The van der Waals surface area contributed by atoms with Gasteiger partial charge in [-0.3, -0.25) is 9.58 Å². The second kappa shape index (κ2) is 7.15. The molecule has 0 spiro atoms. The van der Waals surface area contributed by atoms with Gasteiger partial charge in [-0.15, -0.1) is 0 Å². The van der Waals surface area contributed by atoms with E-state index in [1.807, 2.05) is 12.3 Å². The van der Waals surface area contributed by atoms with Gasteiger partial charge < -0.3 is 10.0 Å². The predicted molar refractivity (Wildman–Crippen MR) is 92.6 cm³/mol. The summed E-state index contributed by atoms with van der Waals surface area (Å²) in [7, 11) is 4.14. The van der Waals surface area contributed by atoms with Crippen LogP contribution in [-0.2, 0) is 6.54 Å². The Morgan fingerprint density at radius 2 is 2.17 bits per heavy atom. The van der Waals surface area contributed by atoms with Gasteiger partial charge in [0.1, 0.15) is 0 Å². The van der Waals surface area contributed by atoms with E-state index in [0.717, 1.165) is 13.0 Å². The Kier molecular flexibility index (Phi) is 4.98. The Morgan fingerprint density at radius 3 is 2.91 bits per heavy atom. The number of hydrogen-bond donors (Lipinski definition) is 1. The van der Waals surface area contributed by atoms with Crippen molar-refractivity contribution in [2.24, 2.45) is 0 Å². The van der Waals surface area contributed by atoms with Crippen LogP contribution in [0.25, 0.3) is 0 Å². The van der Waals surface area contributed by atoms with Crippen LogP contribution in [0, 0.1) is 0 Å². The molecule has 2 heterocycles. The molecule has 3 rings (SSSR count). The molecule has 1 aliphatic heterocycles. The van der Waals surface area contributed by atoms with Crippen LogP contribution in [0.3, 0.4) is 0 Å². The van der Waals surface area contributed by atoms with Gasteiger partial charge in [-0.05, 0) is 43.1 Å². The highest BCUT2D eigenvalue weighted by Gasteiger charge is 2.27. The van der Waals surface area contributed by atoms with Crippen LogP contribution in [0.2, 0.25) is 0 Å². The highest BCUT2D eigenvalue weighted by molar-refractivity contribution is 5.48. The molecule has 1 aliphatic rings. The van der Waals surface area contributed by atoms with Gasteiger partial charge in [-0.1, -0.05) is 12.1 Å². The van der Waals surface area contributed by atoms with E-state index in [1.54, 1.807) is 10.9 Å². The molecule has 2 atom stereocenters. The first-order valence-corrected chi connectivity index (χ1v) is 8.30. The van der Waals surface area contributed by atoms with Gasteiger partial charge in [0.15, 0.2) is 0 Å². The zero-order chi connectivity index (χ0) is 16.2. The van der Waals surface area contributed by atoms with Crippen molar-refractivity contribution in [3.8, 4) is 0 Å². The molecule has 1 aromatic heterocycles. The zero-order valence-electron chi connectivity index (χ0n) is 14.0. The van der Waals surface area contributed by atoms with Crippen molar-refractivity contribution >= 4 is 5.69 Å². The molecule has 1 saturated heterocycles. The first-order valence-electron chi connectivity index (χ1n) is 8.30. The monoisotopic (exact) mass is 314 g/mol. The minimum atomic E-state index is -0.396. The number of β-amino-alcohol motifs (C(OH)–C–C–N with tert-alkyl or cyclic N) is 1. The van der Waals surface area contributed by atoms with Crippen molar-refractivity contribution in [3.05, 3.63) is 48.3 Å². The first kappa shape index (κ1) is 16.0. The molecular formula is C18H26N4O. The number of rotatable bonds is 6. The van der Waals surface area contributed by atoms with E-state index in [0.29, 0.717) is 19.1 Å². The van der Waals surface area contributed by atoms with Crippen molar-refractivity contribution in [1.82, 2.24) is 14.7 Å². The summed E-state index contributed by atoms with van der Waals surface area (Å²) in [6.07, 6.45) is 5.59. The molecule has 1 aromatic carbocycles. The number of aliphatic hydroxyl groups is 1. The van der Waals surface area contributed by atoms with Crippen molar-refractivity contribution in [2.45, 2.75) is 31.5 Å². The number of anilines is 1. The molecule has 0 amide bonds. The van der Waals surface area contributed by atoms with Gasteiger partial charge in [0.25, 0.3) is 0 Å². The van der Waals surface area contributed by atoms with Crippen LogP contribution < -0.4 is 4.90 Å². The van der Waals surface area contributed by atoms with E-state index < -0.39 is 6.10 Å². The summed E-state index contributed by atoms with van der Waals surface area (Å²) in [5, 5.41) is 14.5. The molecule has 1 N–H and O–H groups in total. The fourth-order valence-electron chi connectivity index (χ4n) is 3.39. The lowest BCUT2D eigenvalue weighted by Gasteiger charge is -2.28. The van der Waals surface area contributed by atoms with Crippen molar-refractivity contribution < 1.29 is 5.11 Å². The van der Waals surface area contributed by atoms with Gasteiger partial charge in [0, 0.05) is 44.8 Å². The molecule has 0 unspecified atom stereocenters. The third kappa shape index (κ3) is 3.92. The average molecular weight is 314 g/mol. The molecule has 5 heteroatoms. The van der Waals surface area contributed by atoms with E-state index >= 15 is 0 Å². The maximum atomic E-state index is 10.4. The standard InChI is InChI=1S/C18H26N4O/c1-20(2)16-7-3-6-15(12-16)18-8-4-10-21(18)13-17(23)14-22-11-5-9-19-22/h3,5-7,9,11-12,17-18,23H,4,8,10,13-14H2,1-2H3/t17-,18+/m0/s1. The Balaban J connectivity index is 1.66. The lowest BCUT2D eigenvalue weighted by atomic mass is 10.0. The fraction of sp³-hybridized carbons (Fsp3) is 0.500. The summed E-state index contributed by atoms with van der Waals surface area (Å²) in [4.78, 5) is 4.54. The van der Waals surface area contributed by atoms with Gasteiger partial charge in [0.2, 0.25) is 0 Å². The number of aromatic nitrogens is 2. The molecule has 2 aromatic rings. The first-order chi connectivity index (χ1) is 11.1. The van der Waals surface area contributed by atoms with Gasteiger partial charge in [0.05, 0.1) is 12.6 Å². The molecule has 23 heavy (non-hydrogen) atoms. The third-order valence-electron chi connectivity index (χ3n) is 4.54. The van der Waals surface area contributed by atoms with Crippen LogP contribution in [0.4, 0.5) is 5.69 Å². The number of benzene rings is 1. The normalized spacial score (nSPS) is 19.9. The van der Waals surface area contributed by atoms with Crippen LogP contribution >= 0.6 is 0 Å². The van der Waals surface area contributed by atoms with Gasteiger partial charge in [-0.2, -0.15) is 5.10 Å². The van der Waals surface area contributed by atoms with Crippen LogP contribution in [0.5, 0.6) is 0 Å². The van der Waals surface area contributed by atoms with Crippen molar-refractivity contribution in [2.75, 3.05) is 32.1 Å². The third-order valence-corrected chi connectivity index (χ3v) is 4.54. The molecule has 0 radical (unpaired) electrons. The molecule has 0 aliphatic carbocycles. The smallest absolute Gasteiger partial charge is 0.0862 e. The molecule has 124 valence electrons. The lowest BCUT2D eigenvalue weighted by molar-refractivity contribution is 0.0891. The van der Waals surface area contributed by atoms with E-state index in [-0.39, 0.29) is 0 Å². The predicted octanol–water partition coefficient (Wildman–Crippen LogP) is 2.15. The van der Waals surface area contributed by atoms with E-state index in [9.17, 15) is 5.11 Å². The topological polar surface area (TPSA) is 44.5 Å². The second-order valence-electron chi connectivity index (χ2n) is 6.52. The Bertz CT molecular complexity index is 611. The maximum absolute atomic E-state index is 10.4. The van der Waals surface area contributed by atoms with E-state index in [1.165, 1.54) is 17.7 Å². The Morgan fingerprint density at radius 1 is 1.30 bits per heavy atom. The van der Waals surface area contributed by atoms with Crippen LogP contribution in [-0.4, -0.2) is 53.1 Å². The number of aliphatic hydroxyl groups excluding tert-OH is 1. The maximum Gasteiger partial charge on any atom is 0.0862 e. The van der Waals surface area contributed by atoms with Crippen LogP contribution in [0.15, 0.2) is 42.7 Å². The number of likely N-dealkylation sites (tertiary alicyclic amines) is 1. The fourth-order valence-corrected chi connectivity index (χ4v) is 3.39. The lowest BCUT2D eigenvalue weighted by Crippen LogP contribution is -2.34.